The Balaban J connectivity index is 1.59. The highest BCUT2D eigenvalue weighted by Crippen LogP contribution is 2.29. The molecule has 1 N–H and O–H groups in total. The summed E-state index contributed by atoms with van der Waals surface area (Å²) in [5.41, 5.74) is 9.81. The molecule has 0 saturated carbocycles. The van der Waals surface area contributed by atoms with Crippen molar-refractivity contribution in [3.8, 4) is 11.5 Å². The van der Waals surface area contributed by atoms with Crippen LogP contribution in [0.4, 0.5) is 0 Å². The first-order chi connectivity index (χ1) is 20.3. The lowest BCUT2D eigenvalue weighted by Crippen LogP contribution is -2.01. The third-order valence-electron chi connectivity index (χ3n) is 8.05. The van der Waals surface area contributed by atoms with Crippen molar-refractivity contribution in [2.75, 3.05) is 13.2 Å². The fraction of sp³-hybridized carbons (Fsp3) is 0.676. The Bertz CT molecular complexity index is 796. The van der Waals surface area contributed by atoms with Crippen molar-refractivity contribution < 1.29 is 9.47 Å². The summed E-state index contributed by atoms with van der Waals surface area (Å²) in [5.74, 6) is 1.79. The van der Waals surface area contributed by atoms with E-state index in [1.165, 1.54) is 116 Å². The largest absolute Gasteiger partial charge is 0.494 e. The highest BCUT2D eigenvalue weighted by Gasteiger charge is 2.13. The van der Waals surface area contributed by atoms with E-state index in [2.05, 4.69) is 19.0 Å². The number of rotatable bonds is 27. The zero-order chi connectivity index (χ0) is 29.2. The molecule has 0 fully saturated rings. The summed E-state index contributed by atoms with van der Waals surface area (Å²) in [4.78, 5) is 0. The summed E-state index contributed by atoms with van der Waals surface area (Å²) in [7, 11) is 0. The maximum atomic E-state index is 7.80. The number of unbranched alkanes of at least 4 members (excludes halogenated alkanes) is 18. The third kappa shape index (κ3) is 16.6. The first-order valence-electron chi connectivity index (χ1n) is 17.1. The highest BCUT2D eigenvalue weighted by molar-refractivity contribution is 5.37. The van der Waals surface area contributed by atoms with Crippen LogP contribution in [-0.2, 0) is 0 Å². The molecule has 2 aromatic rings. The minimum absolute atomic E-state index is 0.304. The fourth-order valence-corrected chi connectivity index (χ4v) is 5.39. The second kappa shape index (κ2) is 24.3. The summed E-state index contributed by atoms with van der Waals surface area (Å²) in [6.07, 6.45) is 26.6. The lowest BCUT2D eigenvalue weighted by atomic mass is 9.99. The molecule has 0 amide bonds. The van der Waals surface area contributed by atoms with Crippen LogP contribution in [0.5, 0.6) is 11.5 Å². The van der Waals surface area contributed by atoms with Crippen molar-refractivity contribution in [3.63, 3.8) is 0 Å². The van der Waals surface area contributed by atoms with Crippen LogP contribution in [0.25, 0.3) is 0 Å². The maximum absolute atomic E-state index is 7.80. The van der Waals surface area contributed by atoms with Crippen molar-refractivity contribution >= 4 is 0 Å². The molecule has 41 heavy (non-hydrogen) atoms. The van der Waals surface area contributed by atoms with E-state index in [0.29, 0.717) is 0 Å². The smallest absolute Gasteiger partial charge is 0.121 e. The van der Waals surface area contributed by atoms with Crippen molar-refractivity contribution in [3.05, 3.63) is 59.7 Å². The van der Waals surface area contributed by atoms with Gasteiger partial charge in [0, 0.05) is 0 Å². The Morgan fingerprint density at radius 3 is 1.05 bits per heavy atom. The van der Waals surface area contributed by atoms with E-state index in [4.69, 9.17) is 15.0 Å². The molecule has 4 nitrogen and oxygen atoms in total. The number of hydrogen-bond donors (Lipinski definition) is 1. The maximum Gasteiger partial charge on any atom is 0.121 e. The molecule has 0 bridgehead atoms. The standard InChI is InChI=1S/C37H60N2O2/c1-3-5-7-9-11-13-15-17-19-21-31-40-35-27-23-33(24-28-35)37(39-38)34-25-29-36(30-26-34)41-32-22-20-18-16-14-12-10-8-6-4-2/h23-30,37-38H,3-22,31-32H2,1-2H3. The molecule has 0 aliphatic carbocycles. The van der Waals surface area contributed by atoms with Crippen molar-refractivity contribution in [1.82, 2.24) is 0 Å². The molecule has 0 saturated heterocycles. The molecule has 0 aliphatic heterocycles. The molecule has 0 aliphatic rings. The molecule has 0 unspecified atom stereocenters. The average Bonchev–Trinajstić information content (AvgIpc) is 3.00. The van der Waals surface area contributed by atoms with Crippen LogP contribution in [0.2, 0.25) is 0 Å². The van der Waals surface area contributed by atoms with Crippen LogP contribution in [-0.4, -0.2) is 13.2 Å². The summed E-state index contributed by atoms with van der Waals surface area (Å²) in [6.45, 7) is 6.08. The molecule has 0 aromatic heterocycles. The summed E-state index contributed by atoms with van der Waals surface area (Å²) in [6, 6.07) is 15.9. The minimum atomic E-state index is -0.304. The van der Waals surface area contributed by atoms with E-state index >= 15 is 0 Å². The normalized spacial score (nSPS) is 11.2. The van der Waals surface area contributed by atoms with E-state index in [1.807, 2.05) is 48.5 Å². The third-order valence-corrected chi connectivity index (χ3v) is 8.05. The van der Waals surface area contributed by atoms with Crippen LogP contribution >= 0.6 is 0 Å². The lowest BCUT2D eigenvalue weighted by molar-refractivity contribution is 0.304. The van der Waals surface area contributed by atoms with Gasteiger partial charge in [-0.3, -0.25) is 0 Å². The topological polar surface area (TPSA) is 54.7 Å². The second-order valence-electron chi connectivity index (χ2n) is 11.7. The van der Waals surface area contributed by atoms with Crippen molar-refractivity contribution in [1.29, 1.82) is 5.53 Å². The predicted octanol–water partition coefficient (Wildman–Crippen LogP) is 12.4. The molecule has 2 rings (SSSR count). The number of hydrogen-bond acceptors (Lipinski definition) is 4. The van der Waals surface area contributed by atoms with Crippen LogP contribution < -0.4 is 9.47 Å². The van der Waals surface area contributed by atoms with Gasteiger partial charge in [-0.2, -0.15) is 5.11 Å². The molecule has 0 spiro atoms. The Morgan fingerprint density at radius 2 is 0.756 bits per heavy atom. The minimum Gasteiger partial charge on any atom is -0.494 e. The van der Waals surface area contributed by atoms with Gasteiger partial charge in [0.2, 0.25) is 0 Å². The number of benzene rings is 2. The predicted molar refractivity (Wildman–Crippen MR) is 175 cm³/mol. The van der Waals surface area contributed by atoms with E-state index < -0.39 is 0 Å². The van der Waals surface area contributed by atoms with Gasteiger partial charge in [-0.1, -0.05) is 154 Å². The van der Waals surface area contributed by atoms with Crippen LogP contribution in [0.1, 0.15) is 159 Å². The van der Waals surface area contributed by atoms with Gasteiger partial charge in [0.05, 0.1) is 13.2 Å². The summed E-state index contributed by atoms with van der Waals surface area (Å²) >= 11 is 0. The Morgan fingerprint density at radius 1 is 0.463 bits per heavy atom. The van der Waals surface area contributed by atoms with Crippen molar-refractivity contribution in [2.24, 2.45) is 5.11 Å². The Hall–Kier alpha value is -2.36. The van der Waals surface area contributed by atoms with Crippen LogP contribution in [0.3, 0.4) is 0 Å². The fourth-order valence-electron chi connectivity index (χ4n) is 5.39. The van der Waals surface area contributed by atoms with E-state index in [9.17, 15) is 0 Å². The molecule has 4 heteroatoms. The molecular weight excluding hydrogens is 504 g/mol. The van der Waals surface area contributed by atoms with Gasteiger partial charge < -0.3 is 9.47 Å². The van der Waals surface area contributed by atoms with E-state index in [-0.39, 0.29) is 6.04 Å². The number of ether oxygens (including phenoxy) is 2. The molecular formula is C37H60N2O2. The highest BCUT2D eigenvalue weighted by atomic mass is 16.5. The second-order valence-corrected chi connectivity index (χ2v) is 11.7. The first kappa shape index (κ1) is 34.8. The van der Waals surface area contributed by atoms with E-state index in [1.54, 1.807) is 0 Å². The SMILES string of the molecule is CCCCCCCCCCCCOc1ccc(C(N=N)c2ccc(OCCCCCCCCCCCC)cc2)cc1. The average molecular weight is 565 g/mol. The van der Waals surface area contributed by atoms with Gasteiger partial charge in [0.25, 0.3) is 0 Å². The van der Waals surface area contributed by atoms with Gasteiger partial charge in [-0.15, -0.1) is 0 Å². The number of nitrogens with one attached hydrogen (secondary N) is 1. The van der Waals surface area contributed by atoms with Gasteiger partial charge in [0.1, 0.15) is 17.5 Å². The van der Waals surface area contributed by atoms with Gasteiger partial charge >= 0.3 is 0 Å². The molecule has 2 aromatic carbocycles. The summed E-state index contributed by atoms with van der Waals surface area (Å²) in [5, 5.41) is 3.92. The molecule has 230 valence electrons. The van der Waals surface area contributed by atoms with Crippen molar-refractivity contribution in [2.45, 2.75) is 148 Å². The lowest BCUT2D eigenvalue weighted by Gasteiger charge is -2.14. The monoisotopic (exact) mass is 564 g/mol. The first-order valence-corrected chi connectivity index (χ1v) is 17.1. The van der Waals surface area contributed by atoms with Gasteiger partial charge in [0.15, 0.2) is 0 Å². The summed E-state index contributed by atoms with van der Waals surface area (Å²) < 4.78 is 11.9. The zero-order valence-electron chi connectivity index (χ0n) is 26.5. The van der Waals surface area contributed by atoms with E-state index in [0.717, 1.165) is 48.7 Å². The quantitative estimate of drug-likeness (QED) is 0.0866. The van der Waals surface area contributed by atoms with Crippen LogP contribution in [0.15, 0.2) is 53.6 Å². The molecule has 0 heterocycles. The Labute approximate surface area is 252 Å². The number of nitrogens with zero attached hydrogens (tertiary/aromatic N) is 1. The molecule has 0 atom stereocenters. The Kier molecular flexibility index (Phi) is 20.6. The van der Waals surface area contributed by atoms with Gasteiger partial charge in [-0.25, -0.2) is 5.53 Å². The van der Waals surface area contributed by atoms with Crippen LogP contribution in [0, 0.1) is 5.53 Å². The molecule has 0 radical (unpaired) electrons. The zero-order valence-corrected chi connectivity index (χ0v) is 26.5. The van der Waals surface area contributed by atoms with Gasteiger partial charge in [-0.05, 0) is 48.2 Å².